The molecule has 0 aliphatic rings. The molecule has 0 bridgehead atoms. The van der Waals surface area contributed by atoms with Crippen molar-refractivity contribution < 1.29 is 18.7 Å². The van der Waals surface area contributed by atoms with Crippen LogP contribution in [0.3, 0.4) is 0 Å². The standard InChI is InChI=1S/C10H8F2N2O2/c1-5-6(4-13)2-7(10(11)12)8(14-5)3-9(15)16/h2,10H,3H2,1H3,(H,15,16). The molecule has 0 fully saturated rings. The zero-order chi connectivity index (χ0) is 12.3. The second kappa shape index (κ2) is 4.66. The Kier molecular flexibility index (Phi) is 3.51. The number of carboxylic acid groups (broad SMARTS) is 1. The summed E-state index contributed by atoms with van der Waals surface area (Å²) in [6.07, 6.45) is -3.42. The van der Waals surface area contributed by atoms with Crippen LogP contribution in [-0.2, 0) is 11.2 Å². The molecule has 0 amide bonds. The summed E-state index contributed by atoms with van der Waals surface area (Å²) in [7, 11) is 0. The molecule has 1 aromatic rings. The minimum atomic E-state index is -2.84. The van der Waals surface area contributed by atoms with Crippen molar-refractivity contribution in [3.63, 3.8) is 0 Å². The number of aliphatic carboxylic acids is 1. The Balaban J connectivity index is 3.31. The van der Waals surface area contributed by atoms with Crippen LogP contribution in [0, 0.1) is 18.3 Å². The molecular weight excluding hydrogens is 218 g/mol. The van der Waals surface area contributed by atoms with Gasteiger partial charge in [0.05, 0.1) is 23.4 Å². The first-order valence-electron chi connectivity index (χ1n) is 4.36. The van der Waals surface area contributed by atoms with E-state index in [0.717, 1.165) is 6.07 Å². The Hall–Kier alpha value is -2.03. The highest BCUT2D eigenvalue weighted by atomic mass is 19.3. The van der Waals surface area contributed by atoms with Crippen LogP contribution in [-0.4, -0.2) is 16.1 Å². The number of hydrogen-bond donors (Lipinski definition) is 1. The number of alkyl halides is 2. The fourth-order valence-corrected chi connectivity index (χ4v) is 1.26. The molecule has 0 saturated heterocycles. The van der Waals surface area contributed by atoms with Gasteiger partial charge in [-0.1, -0.05) is 0 Å². The summed E-state index contributed by atoms with van der Waals surface area (Å²) < 4.78 is 25.2. The third-order valence-corrected chi connectivity index (χ3v) is 2.00. The highest BCUT2D eigenvalue weighted by Gasteiger charge is 2.18. The van der Waals surface area contributed by atoms with E-state index >= 15 is 0 Å². The van der Waals surface area contributed by atoms with Crippen LogP contribution in [0.2, 0.25) is 0 Å². The van der Waals surface area contributed by atoms with Crippen molar-refractivity contribution in [2.24, 2.45) is 0 Å². The van der Waals surface area contributed by atoms with Crippen LogP contribution in [0.25, 0.3) is 0 Å². The first-order chi connectivity index (χ1) is 7.45. The predicted octanol–water partition coefficient (Wildman–Crippen LogP) is 1.83. The Labute approximate surface area is 90.2 Å². The zero-order valence-corrected chi connectivity index (χ0v) is 8.37. The Morgan fingerprint density at radius 2 is 2.31 bits per heavy atom. The van der Waals surface area contributed by atoms with E-state index in [1.165, 1.54) is 6.92 Å². The molecule has 0 aliphatic heterocycles. The van der Waals surface area contributed by atoms with E-state index in [4.69, 9.17) is 10.4 Å². The third-order valence-electron chi connectivity index (χ3n) is 2.00. The lowest BCUT2D eigenvalue weighted by molar-refractivity contribution is -0.136. The van der Waals surface area contributed by atoms with Gasteiger partial charge in [0.15, 0.2) is 0 Å². The number of carboxylic acids is 1. The monoisotopic (exact) mass is 226 g/mol. The highest BCUT2D eigenvalue weighted by molar-refractivity contribution is 5.70. The van der Waals surface area contributed by atoms with Gasteiger partial charge in [0, 0.05) is 5.56 Å². The third kappa shape index (κ3) is 2.51. The van der Waals surface area contributed by atoms with Crippen molar-refractivity contribution in [3.8, 4) is 6.07 Å². The van der Waals surface area contributed by atoms with Crippen molar-refractivity contribution in [1.29, 1.82) is 5.26 Å². The number of aryl methyl sites for hydroxylation is 1. The predicted molar refractivity (Wildman–Crippen MR) is 50.0 cm³/mol. The van der Waals surface area contributed by atoms with Crippen LogP contribution in [0.5, 0.6) is 0 Å². The second-order valence-corrected chi connectivity index (χ2v) is 3.14. The minimum absolute atomic E-state index is 0.0319. The number of rotatable bonds is 3. The maximum atomic E-state index is 12.6. The molecule has 84 valence electrons. The van der Waals surface area contributed by atoms with E-state index < -0.39 is 24.4 Å². The summed E-state index contributed by atoms with van der Waals surface area (Å²) in [5, 5.41) is 17.2. The van der Waals surface area contributed by atoms with Crippen LogP contribution in [0.1, 0.15) is 28.9 Å². The quantitative estimate of drug-likeness (QED) is 0.853. The molecule has 4 nitrogen and oxygen atoms in total. The fourth-order valence-electron chi connectivity index (χ4n) is 1.26. The van der Waals surface area contributed by atoms with E-state index in [9.17, 15) is 13.6 Å². The van der Waals surface area contributed by atoms with Gasteiger partial charge in [0.25, 0.3) is 6.43 Å². The van der Waals surface area contributed by atoms with Crippen LogP contribution < -0.4 is 0 Å². The van der Waals surface area contributed by atoms with Gasteiger partial charge in [-0.3, -0.25) is 9.78 Å². The highest BCUT2D eigenvalue weighted by Crippen LogP contribution is 2.24. The molecule has 1 heterocycles. The number of carbonyl (C=O) groups is 1. The summed E-state index contributed by atoms with van der Waals surface area (Å²) in [5.41, 5.74) is -0.406. The largest absolute Gasteiger partial charge is 0.481 e. The van der Waals surface area contributed by atoms with E-state index in [1.807, 2.05) is 0 Å². The Morgan fingerprint density at radius 3 is 2.75 bits per heavy atom. The molecule has 0 radical (unpaired) electrons. The lowest BCUT2D eigenvalue weighted by Gasteiger charge is -2.08. The van der Waals surface area contributed by atoms with Gasteiger partial charge in [-0.05, 0) is 13.0 Å². The van der Waals surface area contributed by atoms with Crippen molar-refractivity contribution in [2.45, 2.75) is 19.8 Å². The molecule has 1 N–H and O–H groups in total. The van der Waals surface area contributed by atoms with Crippen molar-refractivity contribution in [1.82, 2.24) is 4.98 Å². The Bertz CT molecular complexity index is 467. The number of halogens is 2. The number of nitriles is 1. The van der Waals surface area contributed by atoms with Gasteiger partial charge in [0.1, 0.15) is 6.07 Å². The molecule has 0 spiro atoms. The smallest absolute Gasteiger partial charge is 0.309 e. The molecule has 6 heteroatoms. The van der Waals surface area contributed by atoms with Crippen LogP contribution in [0.4, 0.5) is 8.78 Å². The molecule has 1 rings (SSSR count). The van der Waals surface area contributed by atoms with Gasteiger partial charge in [-0.25, -0.2) is 8.78 Å². The normalized spacial score (nSPS) is 10.2. The second-order valence-electron chi connectivity index (χ2n) is 3.14. The number of pyridine rings is 1. The van der Waals surface area contributed by atoms with Crippen molar-refractivity contribution in [2.75, 3.05) is 0 Å². The van der Waals surface area contributed by atoms with Gasteiger partial charge >= 0.3 is 5.97 Å². The lowest BCUT2D eigenvalue weighted by Crippen LogP contribution is -2.08. The molecule has 1 aromatic heterocycles. The topological polar surface area (TPSA) is 74.0 Å². The summed E-state index contributed by atoms with van der Waals surface area (Å²) >= 11 is 0. The van der Waals surface area contributed by atoms with Crippen LogP contribution in [0.15, 0.2) is 6.07 Å². The van der Waals surface area contributed by atoms with Gasteiger partial charge in [0.2, 0.25) is 0 Å². The molecule has 0 atom stereocenters. The lowest BCUT2D eigenvalue weighted by atomic mass is 10.1. The maximum absolute atomic E-state index is 12.6. The first kappa shape index (κ1) is 12.0. The molecule has 0 unspecified atom stereocenters. The first-order valence-corrected chi connectivity index (χ1v) is 4.36. The number of nitrogens with zero attached hydrogens (tertiary/aromatic N) is 2. The summed E-state index contributed by atoms with van der Waals surface area (Å²) in [6, 6.07) is 2.72. The van der Waals surface area contributed by atoms with Gasteiger partial charge in [-0.2, -0.15) is 5.26 Å². The van der Waals surface area contributed by atoms with Crippen molar-refractivity contribution in [3.05, 3.63) is 28.6 Å². The molecule has 0 aliphatic carbocycles. The molecular formula is C10H8F2N2O2. The number of hydrogen-bond acceptors (Lipinski definition) is 3. The average Bonchev–Trinajstić information content (AvgIpc) is 2.16. The van der Waals surface area contributed by atoms with Crippen LogP contribution >= 0.6 is 0 Å². The van der Waals surface area contributed by atoms with E-state index in [-0.39, 0.29) is 17.0 Å². The van der Waals surface area contributed by atoms with Gasteiger partial charge in [-0.15, -0.1) is 0 Å². The minimum Gasteiger partial charge on any atom is -0.481 e. The van der Waals surface area contributed by atoms with E-state index in [1.54, 1.807) is 6.07 Å². The zero-order valence-electron chi connectivity index (χ0n) is 8.37. The summed E-state index contributed by atoms with van der Waals surface area (Å²) in [4.78, 5) is 14.2. The fraction of sp³-hybridized carbons (Fsp3) is 0.300. The molecule has 0 saturated carbocycles. The van der Waals surface area contributed by atoms with E-state index in [0.29, 0.717) is 0 Å². The summed E-state index contributed by atoms with van der Waals surface area (Å²) in [5.74, 6) is -1.24. The molecule has 0 aromatic carbocycles. The SMILES string of the molecule is Cc1nc(CC(=O)O)c(C(F)F)cc1C#N. The summed E-state index contributed by atoms with van der Waals surface area (Å²) in [6.45, 7) is 1.47. The van der Waals surface area contributed by atoms with Gasteiger partial charge < -0.3 is 5.11 Å². The average molecular weight is 226 g/mol. The van der Waals surface area contributed by atoms with Crippen molar-refractivity contribution >= 4 is 5.97 Å². The maximum Gasteiger partial charge on any atom is 0.309 e. The number of aromatic nitrogens is 1. The molecule has 16 heavy (non-hydrogen) atoms. The Morgan fingerprint density at radius 1 is 1.69 bits per heavy atom. The van der Waals surface area contributed by atoms with E-state index in [2.05, 4.69) is 4.98 Å².